The highest BCUT2D eigenvalue weighted by Crippen LogP contribution is 2.35. The fourth-order valence-corrected chi connectivity index (χ4v) is 3.14. The third-order valence-corrected chi connectivity index (χ3v) is 4.56. The van der Waals surface area contributed by atoms with Crippen molar-refractivity contribution in [1.82, 2.24) is 4.90 Å². The van der Waals surface area contributed by atoms with Crippen molar-refractivity contribution < 1.29 is 4.74 Å². The maximum atomic E-state index is 5.44. The minimum Gasteiger partial charge on any atom is -0.374 e. The molecule has 2 nitrogen and oxygen atoms in total. The van der Waals surface area contributed by atoms with Crippen LogP contribution in [0.4, 0.5) is 0 Å². The molecule has 0 amide bonds. The highest BCUT2D eigenvalue weighted by Gasteiger charge is 2.33. The maximum absolute atomic E-state index is 5.44. The first-order chi connectivity index (χ1) is 6.74. The molecule has 0 spiro atoms. The summed E-state index contributed by atoms with van der Waals surface area (Å²) in [4.78, 5) is 2.52. The highest BCUT2D eigenvalue weighted by molar-refractivity contribution is 9.11. The molecule has 0 saturated heterocycles. The Hall–Kier alpha value is -0.0200. The Morgan fingerprint density at radius 1 is 1.36 bits per heavy atom. The number of nitrogens with zero attached hydrogens (tertiary/aromatic N) is 1. The Morgan fingerprint density at radius 3 is 2.50 bits per heavy atom. The second-order valence-electron chi connectivity index (χ2n) is 4.25. The fraction of sp³-hybridized carbons (Fsp3) is 0.818. The molecular formula is C11H18BrNO. The Kier molecular flexibility index (Phi) is 3.17. The van der Waals surface area contributed by atoms with Gasteiger partial charge in [-0.25, -0.2) is 0 Å². The molecule has 3 heteroatoms. The Labute approximate surface area is 94.4 Å². The molecular weight excluding hydrogens is 242 g/mol. The first-order valence-electron chi connectivity index (χ1n) is 5.39. The molecule has 0 bridgehead atoms. The Morgan fingerprint density at radius 2 is 2.00 bits per heavy atom. The van der Waals surface area contributed by atoms with E-state index in [4.69, 9.17) is 4.74 Å². The number of methoxy groups -OCH3 is 1. The van der Waals surface area contributed by atoms with E-state index in [1.54, 1.807) is 7.11 Å². The average Bonchev–Trinajstić information content (AvgIpc) is 2.78. The van der Waals surface area contributed by atoms with E-state index >= 15 is 0 Å². The van der Waals surface area contributed by atoms with Gasteiger partial charge in [-0.2, -0.15) is 0 Å². The number of ether oxygens (including phenoxy) is 1. The summed E-state index contributed by atoms with van der Waals surface area (Å²) >= 11 is 3.63. The van der Waals surface area contributed by atoms with Crippen LogP contribution in [-0.4, -0.2) is 30.7 Å². The summed E-state index contributed by atoms with van der Waals surface area (Å²) in [6.45, 7) is 3.23. The lowest BCUT2D eigenvalue weighted by Gasteiger charge is -2.27. The molecule has 1 atom stereocenters. The molecule has 1 unspecified atom stereocenters. The topological polar surface area (TPSA) is 12.5 Å². The predicted octanol–water partition coefficient (Wildman–Crippen LogP) is 2.89. The lowest BCUT2D eigenvalue weighted by atomic mass is 10.2. The summed E-state index contributed by atoms with van der Waals surface area (Å²) in [6, 6.07) is 0.766. The molecule has 2 rings (SSSR count). The summed E-state index contributed by atoms with van der Waals surface area (Å²) in [7, 11) is 1.79. The van der Waals surface area contributed by atoms with Crippen LogP contribution in [0, 0.1) is 0 Å². The van der Waals surface area contributed by atoms with E-state index in [0.717, 1.165) is 12.6 Å². The second-order valence-corrected chi connectivity index (χ2v) is 5.10. The third-order valence-electron chi connectivity index (χ3n) is 3.47. The van der Waals surface area contributed by atoms with Crippen LogP contribution < -0.4 is 0 Å². The fourth-order valence-electron chi connectivity index (χ4n) is 2.58. The van der Waals surface area contributed by atoms with E-state index in [9.17, 15) is 0 Å². The van der Waals surface area contributed by atoms with Gasteiger partial charge < -0.3 is 9.64 Å². The molecule has 0 radical (unpaired) electrons. The Balaban J connectivity index is 2.08. The van der Waals surface area contributed by atoms with Crippen LogP contribution in [0.1, 0.15) is 32.6 Å². The van der Waals surface area contributed by atoms with Crippen LogP contribution in [0.2, 0.25) is 0 Å². The van der Waals surface area contributed by atoms with Gasteiger partial charge in [0.1, 0.15) is 6.10 Å². The predicted molar refractivity (Wildman–Crippen MR) is 61.4 cm³/mol. The van der Waals surface area contributed by atoms with Gasteiger partial charge in [-0.1, -0.05) is 28.8 Å². The molecule has 0 aromatic rings. The summed E-state index contributed by atoms with van der Waals surface area (Å²) in [5, 5.41) is 0. The van der Waals surface area contributed by atoms with E-state index in [1.807, 2.05) is 0 Å². The van der Waals surface area contributed by atoms with Crippen molar-refractivity contribution in [1.29, 1.82) is 0 Å². The molecule has 2 aliphatic rings. The lowest BCUT2D eigenvalue weighted by molar-refractivity contribution is 0.114. The van der Waals surface area contributed by atoms with Gasteiger partial charge >= 0.3 is 0 Å². The molecule has 1 aliphatic carbocycles. The van der Waals surface area contributed by atoms with Gasteiger partial charge in [0.15, 0.2) is 0 Å². The van der Waals surface area contributed by atoms with Crippen molar-refractivity contribution in [3.05, 3.63) is 10.2 Å². The summed E-state index contributed by atoms with van der Waals surface area (Å²) < 4.78 is 6.68. The normalized spacial score (nSPS) is 29.4. The zero-order chi connectivity index (χ0) is 10.1. The molecule has 14 heavy (non-hydrogen) atoms. The largest absolute Gasteiger partial charge is 0.374 e. The first-order valence-corrected chi connectivity index (χ1v) is 6.19. The molecule has 0 N–H and O–H groups in total. The lowest BCUT2D eigenvalue weighted by Crippen LogP contribution is -2.32. The second kappa shape index (κ2) is 4.23. The first kappa shape index (κ1) is 10.5. The molecule has 0 aromatic carbocycles. The van der Waals surface area contributed by atoms with Gasteiger partial charge in [0.25, 0.3) is 0 Å². The summed E-state index contributed by atoms with van der Waals surface area (Å²) in [5.74, 6) is 0. The van der Waals surface area contributed by atoms with Gasteiger partial charge in [0, 0.05) is 29.9 Å². The van der Waals surface area contributed by atoms with Crippen LogP contribution in [0.15, 0.2) is 10.2 Å². The number of allylic oxidation sites excluding steroid dienone is 1. The van der Waals surface area contributed by atoms with Gasteiger partial charge in [-0.15, -0.1) is 0 Å². The average molecular weight is 260 g/mol. The SMILES string of the molecule is COC1CN(C2CCCC2)C(C)=C1Br. The molecule has 1 fully saturated rings. The van der Waals surface area contributed by atoms with Crippen molar-refractivity contribution >= 4 is 15.9 Å². The number of hydrogen-bond donors (Lipinski definition) is 0. The monoisotopic (exact) mass is 259 g/mol. The van der Waals surface area contributed by atoms with Crippen molar-refractivity contribution in [2.24, 2.45) is 0 Å². The van der Waals surface area contributed by atoms with Gasteiger partial charge in [0.2, 0.25) is 0 Å². The van der Waals surface area contributed by atoms with Crippen molar-refractivity contribution in [3.63, 3.8) is 0 Å². The maximum Gasteiger partial charge on any atom is 0.108 e. The highest BCUT2D eigenvalue weighted by atomic mass is 79.9. The van der Waals surface area contributed by atoms with Crippen LogP contribution in [0.25, 0.3) is 0 Å². The van der Waals surface area contributed by atoms with Crippen molar-refractivity contribution in [3.8, 4) is 0 Å². The molecule has 1 saturated carbocycles. The molecule has 1 aliphatic heterocycles. The van der Waals surface area contributed by atoms with E-state index in [1.165, 1.54) is 35.9 Å². The quantitative estimate of drug-likeness (QED) is 0.757. The van der Waals surface area contributed by atoms with E-state index in [2.05, 4.69) is 27.8 Å². The van der Waals surface area contributed by atoms with Crippen molar-refractivity contribution in [2.45, 2.75) is 44.8 Å². The van der Waals surface area contributed by atoms with Gasteiger partial charge in [0.05, 0.1) is 0 Å². The number of hydrogen-bond acceptors (Lipinski definition) is 2. The standard InChI is InChI=1S/C11H18BrNO/c1-8-11(12)10(14-2)7-13(8)9-5-3-4-6-9/h9-10H,3-7H2,1-2H3. The molecule has 1 heterocycles. The minimum atomic E-state index is 0.260. The zero-order valence-corrected chi connectivity index (χ0v) is 10.5. The Bertz CT molecular complexity index is 246. The third kappa shape index (κ3) is 1.72. The molecule has 0 aromatic heterocycles. The number of halogens is 1. The van der Waals surface area contributed by atoms with Gasteiger partial charge in [-0.3, -0.25) is 0 Å². The van der Waals surface area contributed by atoms with E-state index in [0.29, 0.717) is 0 Å². The van der Waals surface area contributed by atoms with E-state index in [-0.39, 0.29) is 6.10 Å². The zero-order valence-electron chi connectivity index (χ0n) is 8.92. The van der Waals surface area contributed by atoms with Crippen LogP contribution in [0.5, 0.6) is 0 Å². The minimum absolute atomic E-state index is 0.260. The van der Waals surface area contributed by atoms with Crippen LogP contribution >= 0.6 is 15.9 Å². The summed E-state index contributed by atoms with van der Waals surface area (Å²) in [5.41, 5.74) is 1.38. The summed E-state index contributed by atoms with van der Waals surface area (Å²) in [6.07, 6.45) is 5.76. The van der Waals surface area contributed by atoms with Crippen LogP contribution in [0.3, 0.4) is 0 Å². The van der Waals surface area contributed by atoms with Crippen LogP contribution in [-0.2, 0) is 4.74 Å². The molecule has 80 valence electrons. The van der Waals surface area contributed by atoms with E-state index < -0.39 is 0 Å². The van der Waals surface area contributed by atoms with Gasteiger partial charge in [-0.05, 0) is 19.8 Å². The number of rotatable bonds is 2. The smallest absolute Gasteiger partial charge is 0.108 e. The van der Waals surface area contributed by atoms with Crippen molar-refractivity contribution in [2.75, 3.05) is 13.7 Å².